The van der Waals surface area contributed by atoms with Crippen LogP contribution >= 0.6 is 0 Å². The molecular weight excluding hydrogens is 316 g/mol. The number of rotatable bonds is 4. The maximum Gasteiger partial charge on any atom is 0.334 e. The number of aromatic nitrogens is 2. The number of aromatic amines is 1. The fourth-order valence-electron chi connectivity index (χ4n) is 2.30. The largest absolute Gasteiger partial charge is 0.367 e. The second-order valence-electron chi connectivity index (χ2n) is 5.13. The summed E-state index contributed by atoms with van der Waals surface area (Å²) >= 11 is 0. The normalized spacial score (nSPS) is 10.6. The van der Waals surface area contributed by atoms with Gasteiger partial charge in [-0.2, -0.15) is 0 Å². The molecule has 2 aromatic carbocycles. The highest BCUT2D eigenvalue weighted by atomic mass is 19.1. The van der Waals surface area contributed by atoms with Crippen LogP contribution in [0.2, 0.25) is 0 Å². The number of nitrogens with one attached hydrogen (secondary N) is 2. The van der Waals surface area contributed by atoms with Crippen molar-refractivity contribution in [2.75, 3.05) is 5.32 Å². The van der Waals surface area contributed by atoms with Gasteiger partial charge in [0.2, 0.25) is 0 Å². The van der Waals surface area contributed by atoms with Crippen LogP contribution < -0.4 is 16.6 Å². The maximum atomic E-state index is 13.3. The van der Waals surface area contributed by atoms with Gasteiger partial charge >= 0.3 is 5.69 Å². The van der Waals surface area contributed by atoms with Crippen molar-refractivity contribution in [3.8, 4) is 5.69 Å². The number of halogens is 2. The average molecular weight is 329 g/mol. The van der Waals surface area contributed by atoms with E-state index < -0.39 is 22.9 Å². The number of H-pyrrole nitrogens is 1. The zero-order valence-corrected chi connectivity index (χ0v) is 12.4. The molecule has 24 heavy (non-hydrogen) atoms. The topological polar surface area (TPSA) is 66.9 Å². The number of nitrogens with zero attached hydrogens (tertiary/aromatic N) is 1. The van der Waals surface area contributed by atoms with Crippen molar-refractivity contribution in [3.05, 3.63) is 92.6 Å². The lowest BCUT2D eigenvalue weighted by atomic mass is 10.2. The highest BCUT2D eigenvalue weighted by Crippen LogP contribution is 2.10. The predicted octanol–water partition coefficient (Wildman–Crippen LogP) is 2.42. The summed E-state index contributed by atoms with van der Waals surface area (Å²) in [5.41, 5.74) is -0.689. The minimum atomic E-state index is -0.873. The second-order valence-corrected chi connectivity index (χ2v) is 5.13. The Balaban J connectivity index is 1.92. The molecular formula is C17H13F2N3O2. The van der Waals surface area contributed by atoms with E-state index in [1.54, 1.807) is 0 Å². The lowest BCUT2D eigenvalue weighted by Gasteiger charge is -2.09. The van der Waals surface area contributed by atoms with Gasteiger partial charge in [-0.1, -0.05) is 30.3 Å². The molecule has 0 spiro atoms. The molecule has 0 aliphatic rings. The van der Waals surface area contributed by atoms with E-state index in [9.17, 15) is 18.4 Å². The molecule has 1 aromatic heterocycles. The Hall–Kier alpha value is -3.22. The van der Waals surface area contributed by atoms with Gasteiger partial charge in [-0.05, 0) is 17.7 Å². The summed E-state index contributed by atoms with van der Waals surface area (Å²) in [6.07, 6.45) is 0. The summed E-state index contributed by atoms with van der Waals surface area (Å²) in [4.78, 5) is 26.7. The zero-order valence-electron chi connectivity index (χ0n) is 12.4. The quantitative estimate of drug-likeness (QED) is 0.772. The molecule has 2 N–H and O–H groups in total. The third-order valence-corrected chi connectivity index (χ3v) is 3.36. The van der Waals surface area contributed by atoms with Crippen LogP contribution in [0.4, 0.5) is 14.6 Å². The van der Waals surface area contributed by atoms with E-state index >= 15 is 0 Å². The van der Waals surface area contributed by atoms with Gasteiger partial charge in [0.05, 0.1) is 5.69 Å². The zero-order chi connectivity index (χ0) is 17.1. The van der Waals surface area contributed by atoms with E-state index in [1.807, 2.05) is 30.3 Å². The molecule has 0 saturated heterocycles. The van der Waals surface area contributed by atoms with Crippen LogP contribution in [0.25, 0.3) is 5.69 Å². The summed E-state index contributed by atoms with van der Waals surface area (Å²) in [7, 11) is 0. The third kappa shape index (κ3) is 3.40. The summed E-state index contributed by atoms with van der Waals surface area (Å²) < 4.78 is 27.2. The molecule has 122 valence electrons. The van der Waals surface area contributed by atoms with E-state index in [2.05, 4.69) is 10.3 Å². The average Bonchev–Trinajstić information content (AvgIpc) is 2.52. The van der Waals surface area contributed by atoms with Gasteiger partial charge in [-0.3, -0.25) is 9.78 Å². The van der Waals surface area contributed by atoms with Crippen molar-refractivity contribution in [3.63, 3.8) is 0 Å². The second kappa shape index (κ2) is 6.49. The Labute approximate surface area is 135 Å². The van der Waals surface area contributed by atoms with Crippen LogP contribution in [0.1, 0.15) is 5.56 Å². The number of benzene rings is 2. The molecule has 1 heterocycles. The third-order valence-electron chi connectivity index (χ3n) is 3.36. The Kier molecular flexibility index (Phi) is 4.24. The molecule has 0 bridgehead atoms. The monoisotopic (exact) mass is 329 g/mol. The fraction of sp³-hybridized carbons (Fsp3) is 0.0588. The van der Waals surface area contributed by atoms with Crippen molar-refractivity contribution in [1.82, 2.24) is 9.55 Å². The van der Waals surface area contributed by atoms with Gasteiger partial charge in [0.15, 0.2) is 0 Å². The minimum absolute atomic E-state index is 0.173. The standard InChI is InChI=1S/C17H13F2N3O2/c18-12-6-13(19)8-14(7-12)22-16(23)9-15(21-17(22)24)20-10-11-4-2-1-3-5-11/h1-9,20H,10H2,(H,21,24). The molecule has 5 nitrogen and oxygen atoms in total. The number of anilines is 1. The number of hydrogen-bond acceptors (Lipinski definition) is 3. The van der Waals surface area contributed by atoms with Gasteiger partial charge in [0.25, 0.3) is 5.56 Å². The SMILES string of the molecule is O=c1cc(NCc2ccccc2)[nH]c(=O)n1-c1cc(F)cc(F)c1. The van der Waals surface area contributed by atoms with Crippen molar-refractivity contribution in [2.45, 2.75) is 6.54 Å². The predicted molar refractivity (Wildman–Crippen MR) is 86.3 cm³/mol. The summed E-state index contributed by atoms with van der Waals surface area (Å²) in [6, 6.07) is 13.1. The highest BCUT2D eigenvalue weighted by Gasteiger charge is 2.09. The summed E-state index contributed by atoms with van der Waals surface area (Å²) in [5, 5.41) is 2.93. The molecule has 3 rings (SSSR count). The van der Waals surface area contributed by atoms with Crippen LogP contribution in [-0.4, -0.2) is 9.55 Å². The first kappa shape index (κ1) is 15.7. The Morgan fingerprint density at radius 3 is 2.25 bits per heavy atom. The lowest BCUT2D eigenvalue weighted by Crippen LogP contribution is -2.33. The van der Waals surface area contributed by atoms with E-state index in [0.29, 0.717) is 17.2 Å². The Bertz CT molecular complexity index is 930. The van der Waals surface area contributed by atoms with E-state index in [4.69, 9.17) is 0 Å². The van der Waals surface area contributed by atoms with Crippen molar-refractivity contribution < 1.29 is 8.78 Å². The van der Waals surface area contributed by atoms with Crippen LogP contribution in [0.3, 0.4) is 0 Å². The van der Waals surface area contributed by atoms with Gasteiger partial charge in [0, 0.05) is 18.7 Å². The first-order chi connectivity index (χ1) is 11.5. The van der Waals surface area contributed by atoms with Gasteiger partial charge in [0.1, 0.15) is 17.5 Å². The molecule has 0 unspecified atom stereocenters. The van der Waals surface area contributed by atoms with Gasteiger partial charge < -0.3 is 5.32 Å². The smallest absolute Gasteiger partial charge is 0.334 e. The molecule has 0 saturated carbocycles. The summed E-state index contributed by atoms with van der Waals surface area (Å²) in [5.74, 6) is -1.52. The first-order valence-corrected chi connectivity index (χ1v) is 7.13. The Morgan fingerprint density at radius 1 is 0.958 bits per heavy atom. The molecule has 0 fully saturated rings. The minimum Gasteiger partial charge on any atom is -0.367 e. The van der Waals surface area contributed by atoms with E-state index in [0.717, 1.165) is 23.8 Å². The maximum absolute atomic E-state index is 13.3. The molecule has 0 amide bonds. The van der Waals surface area contributed by atoms with Crippen molar-refractivity contribution >= 4 is 5.82 Å². The van der Waals surface area contributed by atoms with Crippen LogP contribution in [0, 0.1) is 11.6 Å². The van der Waals surface area contributed by atoms with Gasteiger partial charge in [-0.25, -0.2) is 18.1 Å². The van der Waals surface area contributed by atoms with Gasteiger partial charge in [-0.15, -0.1) is 0 Å². The molecule has 0 atom stereocenters. The van der Waals surface area contributed by atoms with Crippen molar-refractivity contribution in [1.29, 1.82) is 0 Å². The first-order valence-electron chi connectivity index (χ1n) is 7.13. The van der Waals surface area contributed by atoms with Crippen LogP contribution in [0.15, 0.2) is 64.2 Å². The van der Waals surface area contributed by atoms with E-state index in [-0.39, 0.29) is 11.5 Å². The van der Waals surface area contributed by atoms with Crippen LogP contribution in [-0.2, 0) is 6.54 Å². The Morgan fingerprint density at radius 2 is 1.62 bits per heavy atom. The number of hydrogen-bond donors (Lipinski definition) is 2. The molecule has 7 heteroatoms. The van der Waals surface area contributed by atoms with E-state index in [1.165, 1.54) is 0 Å². The van der Waals surface area contributed by atoms with Crippen LogP contribution in [0.5, 0.6) is 0 Å². The molecule has 0 aliphatic heterocycles. The summed E-state index contributed by atoms with van der Waals surface area (Å²) in [6.45, 7) is 0.412. The molecule has 0 aliphatic carbocycles. The fourth-order valence-corrected chi connectivity index (χ4v) is 2.30. The van der Waals surface area contributed by atoms with Crippen molar-refractivity contribution in [2.24, 2.45) is 0 Å². The molecule has 0 radical (unpaired) electrons. The molecule has 3 aromatic rings. The lowest BCUT2D eigenvalue weighted by molar-refractivity contribution is 0.580. The highest BCUT2D eigenvalue weighted by molar-refractivity contribution is 5.38.